The van der Waals surface area contributed by atoms with E-state index in [2.05, 4.69) is 62.1 Å². The highest BCUT2D eigenvalue weighted by Gasteiger charge is 2.21. The van der Waals surface area contributed by atoms with Crippen molar-refractivity contribution in [3.05, 3.63) is 47.5 Å². The SMILES string of the molecule is CCCCC1CCC(c2ccc(C#CC=CC3CCC(C)CC3)cc2)CC1. The van der Waals surface area contributed by atoms with Gasteiger partial charge in [-0.05, 0) is 86.0 Å². The summed E-state index contributed by atoms with van der Waals surface area (Å²) in [6.07, 6.45) is 19.7. The van der Waals surface area contributed by atoms with Crippen LogP contribution in [0.3, 0.4) is 0 Å². The highest BCUT2D eigenvalue weighted by Crippen LogP contribution is 2.37. The van der Waals surface area contributed by atoms with Gasteiger partial charge in [0, 0.05) is 5.56 Å². The van der Waals surface area contributed by atoms with Crippen molar-refractivity contribution in [2.45, 2.75) is 90.4 Å². The summed E-state index contributed by atoms with van der Waals surface area (Å²) in [7, 11) is 0. The van der Waals surface area contributed by atoms with Gasteiger partial charge in [0.15, 0.2) is 0 Å². The molecule has 0 amide bonds. The molecule has 0 bridgehead atoms. The molecule has 2 fully saturated rings. The number of benzene rings is 1. The summed E-state index contributed by atoms with van der Waals surface area (Å²) in [5, 5.41) is 0. The predicted octanol–water partition coefficient (Wildman–Crippen LogP) is 7.88. The monoisotopic (exact) mass is 362 g/mol. The number of hydrogen-bond acceptors (Lipinski definition) is 0. The van der Waals surface area contributed by atoms with Crippen LogP contribution in [0.5, 0.6) is 0 Å². The van der Waals surface area contributed by atoms with E-state index >= 15 is 0 Å². The van der Waals surface area contributed by atoms with Gasteiger partial charge in [-0.2, -0.15) is 0 Å². The van der Waals surface area contributed by atoms with E-state index in [9.17, 15) is 0 Å². The van der Waals surface area contributed by atoms with Crippen LogP contribution in [-0.4, -0.2) is 0 Å². The van der Waals surface area contributed by atoms with Crippen LogP contribution in [0.4, 0.5) is 0 Å². The fourth-order valence-corrected chi connectivity index (χ4v) is 4.90. The number of allylic oxidation sites excluding steroid dienone is 2. The second-order valence-electron chi connectivity index (χ2n) is 9.13. The molecular formula is C27H38. The molecule has 0 aromatic heterocycles. The molecule has 146 valence electrons. The van der Waals surface area contributed by atoms with Crippen molar-refractivity contribution in [2.75, 3.05) is 0 Å². The van der Waals surface area contributed by atoms with Crippen LogP contribution in [0.15, 0.2) is 36.4 Å². The van der Waals surface area contributed by atoms with E-state index in [1.54, 1.807) is 0 Å². The quantitative estimate of drug-likeness (QED) is 0.467. The van der Waals surface area contributed by atoms with Gasteiger partial charge in [-0.15, -0.1) is 0 Å². The first-order chi connectivity index (χ1) is 13.2. The average Bonchev–Trinajstić information content (AvgIpc) is 2.72. The summed E-state index contributed by atoms with van der Waals surface area (Å²) in [6.45, 7) is 4.68. The maximum Gasteiger partial charge on any atom is 0.0249 e. The number of unbranched alkanes of at least 4 members (excludes halogenated alkanes) is 1. The van der Waals surface area contributed by atoms with Gasteiger partial charge in [0.1, 0.15) is 0 Å². The molecule has 0 unspecified atom stereocenters. The van der Waals surface area contributed by atoms with E-state index < -0.39 is 0 Å². The van der Waals surface area contributed by atoms with Gasteiger partial charge in [0.25, 0.3) is 0 Å². The largest absolute Gasteiger partial charge is 0.0730 e. The van der Waals surface area contributed by atoms with Gasteiger partial charge in [-0.3, -0.25) is 0 Å². The molecule has 0 spiro atoms. The van der Waals surface area contributed by atoms with E-state index in [1.165, 1.54) is 76.2 Å². The number of hydrogen-bond donors (Lipinski definition) is 0. The average molecular weight is 363 g/mol. The Bertz CT molecular complexity index is 623. The van der Waals surface area contributed by atoms with Crippen LogP contribution >= 0.6 is 0 Å². The fourth-order valence-electron chi connectivity index (χ4n) is 4.90. The third-order valence-electron chi connectivity index (χ3n) is 6.92. The fraction of sp³-hybridized carbons (Fsp3) is 0.630. The molecule has 27 heavy (non-hydrogen) atoms. The lowest BCUT2D eigenvalue weighted by Crippen LogP contribution is -2.13. The Hall–Kier alpha value is -1.48. The summed E-state index contributed by atoms with van der Waals surface area (Å²) in [6, 6.07) is 9.10. The molecule has 0 aliphatic heterocycles. The lowest BCUT2D eigenvalue weighted by Gasteiger charge is -2.28. The molecule has 0 N–H and O–H groups in total. The minimum Gasteiger partial charge on any atom is -0.0730 e. The molecular weight excluding hydrogens is 324 g/mol. The molecule has 0 heterocycles. The van der Waals surface area contributed by atoms with Crippen molar-refractivity contribution in [1.82, 2.24) is 0 Å². The summed E-state index contributed by atoms with van der Waals surface area (Å²) in [5.41, 5.74) is 2.68. The second kappa shape index (κ2) is 10.8. The van der Waals surface area contributed by atoms with E-state index in [0.29, 0.717) is 0 Å². The maximum absolute atomic E-state index is 3.32. The smallest absolute Gasteiger partial charge is 0.0249 e. The molecule has 2 saturated carbocycles. The lowest BCUT2D eigenvalue weighted by atomic mass is 9.77. The molecule has 0 atom stereocenters. The normalized spacial score (nSPS) is 28.7. The molecule has 3 rings (SSSR count). The van der Waals surface area contributed by atoms with Gasteiger partial charge in [-0.25, -0.2) is 0 Å². The Kier molecular flexibility index (Phi) is 8.07. The highest BCUT2D eigenvalue weighted by atomic mass is 14.3. The molecule has 2 aliphatic carbocycles. The highest BCUT2D eigenvalue weighted by molar-refractivity contribution is 5.39. The van der Waals surface area contributed by atoms with Crippen LogP contribution in [0, 0.1) is 29.6 Å². The minimum absolute atomic E-state index is 0.755. The Labute approximate surface area is 167 Å². The van der Waals surface area contributed by atoms with Gasteiger partial charge in [0.05, 0.1) is 0 Å². The molecule has 0 heteroatoms. The summed E-state index contributed by atoms with van der Waals surface area (Å²) < 4.78 is 0. The predicted molar refractivity (Wildman–Crippen MR) is 118 cm³/mol. The van der Waals surface area contributed by atoms with Crippen molar-refractivity contribution in [3.63, 3.8) is 0 Å². The standard InChI is InChI=1S/C27H38/c1-3-4-7-23-14-18-26(19-15-23)27-20-16-25(17-21-27)9-6-5-8-24-12-10-22(2)11-13-24/h5,8,16-17,20-24,26H,3-4,7,10-15,18-19H2,1-2H3. The molecule has 2 aliphatic rings. The first kappa shape index (κ1) is 20.3. The molecule has 0 radical (unpaired) electrons. The summed E-state index contributed by atoms with van der Waals surface area (Å²) in [5.74, 6) is 10.0. The van der Waals surface area contributed by atoms with Crippen molar-refractivity contribution >= 4 is 0 Å². The van der Waals surface area contributed by atoms with Crippen LogP contribution in [0.2, 0.25) is 0 Å². The topological polar surface area (TPSA) is 0 Å². The zero-order chi connectivity index (χ0) is 18.9. The molecule has 0 nitrogen and oxygen atoms in total. The van der Waals surface area contributed by atoms with Crippen molar-refractivity contribution in [3.8, 4) is 11.8 Å². The van der Waals surface area contributed by atoms with Crippen LogP contribution in [0.25, 0.3) is 0 Å². The Morgan fingerprint density at radius 1 is 0.926 bits per heavy atom. The first-order valence-electron chi connectivity index (χ1n) is 11.5. The zero-order valence-electron chi connectivity index (χ0n) is 17.6. The zero-order valence-corrected chi connectivity index (χ0v) is 17.6. The third-order valence-corrected chi connectivity index (χ3v) is 6.92. The Balaban J connectivity index is 1.45. The maximum atomic E-state index is 3.32. The van der Waals surface area contributed by atoms with E-state index in [-0.39, 0.29) is 0 Å². The third kappa shape index (κ3) is 6.57. The van der Waals surface area contributed by atoms with Gasteiger partial charge in [0.2, 0.25) is 0 Å². The van der Waals surface area contributed by atoms with E-state index in [4.69, 9.17) is 0 Å². The van der Waals surface area contributed by atoms with Crippen molar-refractivity contribution in [2.24, 2.45) is 17.8 Å². The van der Waals surface area contributed by atoms with Gasteiger partial charge in [-0.1, -0.05) is 76.0 Å². The van der Waals surface area contributed by atoms with Crippen molar-refractivity contribution in [1.29, 1.82) is 0 Å². The summed E-state index contributed by atoms with van der Waals surface area (Å²) in [4.78, 5) is 0. The van der Waals surface area contributed by atoms with Crippen LogP contribution in [-0.2, 0) is 0 Å². The Morgan fingerprint density at radius 2 is 1.63 bits per heavy atom. The Morgan fingerprint density at radius 3 is 2.30 bits per heavy atom. The van der Waals surface area contributed by atoms with E-state index in [0.717, 1.165) is 29.2 Å². The first-order valence-corrected chi connectivity index (χ1v) is 11.5. The minimum atomic E-state index is 0.755. The number of rotatable bonds is 5. The molecule has 0 saturated heterocycles. The van der Waals surface area contributed by atoms with Gasteiger partial charge < -0.3 is 0 Å². The second-order valence-corrected chi connectivity index (χ2v) is 9.13. The van der Waals surface area contributed by atoms with Crippen molar-refractivity contribution < 1.29 is 0 Å². The molecule has 1 aromatic rings. The van der Waals surface area contributed by atoms with Gasteiger partial charge >= 0.3 is 0 Å². The van der Waals surface area contributed by atoms with Crippen LogP contribution in [0.1, 0.15) is 102 Å². The van der Waals surface area contributed by atoms with Crippen LogP contribution < -0.4 is 0 Å². The molecule has 1 aromatic carbocycles. The van der Waals surface area contributed by atoms with E-state index in [1.807, 2.05) is 0 Å². The lowest BCUT2D eigenvalue weighted by molar-refractivity contribution is 0.304. The summed E-state index contributed by atoms with van der Waals surface area (Å²) >= 11 is 0.